The number of methoxy groups -OCH3 is 1. The highest BCUT2D eigenvalue weighted by Crippen LogP contribution is 2.22. The first kappa shape index (κ1) is 18.7. The van der Waals surface area contributed by atoms with Crippen LogP contribution in [0, 0.1) is 12.7 Å². The number of carbonyl (C=O) groups is 1. The lowest BCUT2D eigenvalue weighted by atomic mass is 10.1. The second-order valence-corrected chi connectivity index (χ2v) is 6.12. The number of aromatic nitrogens is 3. The highest BCUT2D eigenvalue weighted by atomic mass is 19.1. The average molecular weight is 368 g/mol. The molecular formula is C20H21FN4O2. The highest BCUT2D eigenvalue weighted by molar-refractivity contribution is 5.91. The van der Waals surface area contributed by atoms with Crippen molar-refractivity contribution in [2.45, 2.75) is 13.3 Å². The van der Waals surface area contributed by atoms with Crippen molar-refractivity contribution < 1.29 is 13.9 Å². The molecule has 1 aromatic heterocycles. The molecule has 27 heavy (non-hydrogen) atoms. The van der Waals surface area contributed by atoms with Gasteiger partial charge in [-0.2, -0.15) is 0 Å². The van der Waals surface area contributed by atoms with Crippen molar-refractivity contribution in [1.29, 1.82) is 0 Å². The number of ether oxygens (including phenoxy) is 1. The van der Waals surface area contributed by atoms with Crippen molar-refractivity contribution in [1.82, 2.24) is 20.1 Å². The lowest BCUT2D eigenvalue weighted by Crippen LogP contribution is -2.26. The third kappa shape index (κ3) is 4.57. The molecule has 1 N–H and O–H groups in total. The summed E-state index contributed by atoms with van der Waals surface area (Å²) in [6, 6.07) is 13.7. The third-order valence-corrected chi connectivity index (χ3v) is 3.97. The SMILES string of the molecule is COCCCNC(=O)c1nc(-c2cccc(C)c2)n(-c2ccc(F)cc2)n1. The van der Waals surface area contributed by atoms with Crippen LogP contribution in [0.2, 0.25) is 0 Å². The number of rotatable bonds is 7. The summed E-state index contributed by atoms with van der Waals surface area (Å²) >= 11 is 0. The van der Waals surface area contributed by atoms with Crippen LogP contribution in [0.3, 0.4) is 0 Å². The molecule has 0 bridgehead atoms. The topological polar surface area (TPSA) is 69.0 Å². The number of nitrogens with one attached hydrogen (secondary N) is 1. The number of nitrogens with zero attached hydrogens (tertiary/aromatic N) is 3. The standard InChI is InChI=1S/C20H21FN4O2/c1-14-5-3-6-15(13-14)19-23-18(20(26)22-11-4-12-27-2)24-25(19)17-9-7-16(21)8-10-17/h3,5-10,13H,4,11-12H2,1-2H3,(H,22,26). The number of hydrogen-bond donors (Lipinski definition) is 1. The predicted octanol–water partition coefficient (Wildman–Crippen LogP) is 3.15. The maximum atomic E-state index is 13.3. The zero-order valence-corrected chi connectivity index (χ0v) is 15.3. The van der Waals surface area contributed by atoms with Crippen LogP contribution in [0.5, 0.6) is 0 Å². The smallest absolute Gasteiger partial charge is 0.290 e. The molecule has 2 aromatic carbocycles. The quantitative estimate of drug-likeness (QED) is 0.651. The van der Waals surface area contributed by atoms with Gasteiger partial charge in [-0.1, -0.05) is 23.8 Å². The zero-order chi connectivity index (χ0) is 19.2. The van der Waals surface area contributed by atoms with Crippen molar-refractivity contribution in [3.63, 3.8) is 0 Å². The molecule has 0 aliphatic carbocycles. The fraction of sp³-hybridized carbons (Fsp3) is 0.250. The Morgan fingerprint density at radius 3 is 2.70 bits per heavy atom. The minimum Gasteiger partial charge on any atom is -0.385 e. The second kappa shape index (κ2) is 8.55. The molecule has 0 aliphatic heterocycles. The number of benzene rings is 2. The Labute approximate surface area is 157 Å². The van der Waals surface area contributed by atoms with Crippen molar-refractivity contribution in [2.75, 3.05) is 20.3 Å². The van der Waals surface area contributed by atoms with Crippen LogP contribution >= 0.6 is 0 Å². The van der Waals surface area contributed by atoms with E-state index in [1.807, 2.05) is 31.2 Å². The molecule has 140 valence electrons. The van der Waals surface area contributed by atoms with E-state index in [0.29, 0.717) is 31.1 Å². The van der Waals surface area contributed by atoms with E-state index in [9.17, 15) is 9.18 Å². The van der Waals surface area contributed by atoms with Crippen molar-refractivity contribution >= 4 is 5.91 Å². The van der Waals surface area contributed by atoms with Crippen molar-refractivity contribution in [3.05, 3.63) is 65.7 Å². The lowest BCUT2D eigenvalue weighted by molar-refractivity contribution is 0.0938. The molecular weight excluding hydrogens is 347 g/mol. The number of carbonyl (C=O) groups excluding carboxylic acids is 1. The molecule has 7 heteroatoms. The first-order valence-corrected chi connectivity index (χ1v) is 8.65. The molecule has 0 saturated heterocycles. The predicted molar refractivity (Wildman–Crippen MR) is 100 cm³/mol. The molecule has 0 atom stereocenters. The summed E-state index contributed by atoms with van der Waals surface area (Å²) in [6.45, 7) is 3.01. The van der Waals surface area contributed by atoms with E-state index in [-0.39, 0.29) is 17.5 Å². The van der Waals surface area contributed by atoms with E-state index in [2.05, 4.69) is 15.4 Å². The lowest BCUT2D eigenvalue weighted by Gasteiger charge is -2.06. The van der Waals surface area contributed by atoms with Gasteiger partial charge in [-0.25, -0.2) is 14.1 Å². The van der Waals surface area contributed by atoms with Gasteiger partial charge in [-0.15, -0.1) is 5.10 Å². The summed E-state index contributed by atoms with van der Waals surface area (Å²) in [5.41, 5.74) is 2.51. The van der Waals surface area contributed by atoms with Crippen LogP contribution in [0.15, 0.2) is 48.5 Å². The van der Waals surface area contributed by atoms with Crippen LogP contribution in [0.1, 0.15) is 22.6 Å². The van der Waals surface area contributed by atoms with Crippen LogP contribution in [0.25, 0.3) is 17.1 Å². The Bertz CT molecular complexity index is 922. The van der Waals surface area contributed by atoms with E-state index in [1.54, 1.807) is 23.9 Å². The van der Waals surface area contributed by atoms with Gasteiger partial charge in [-0.3, -0.25) is 4.79 Å². The number of hydrogen-bond acceptors (Lipinski definition) is 4. The Hall–Kier alpha value is -3.06. The minimum absolute atomic E-state index is 0.0632. The average Bonchev–Trinajstić information content (AvgIpc) is 3.11. The van der Waals surface area contributed by atoms with E-state index >= 15 is 0 Å². The Morgan fingerprint density at radius 1 is 1.22 bits per heavy atom. The molecule has 3 aromatic rings. The fourth-order valence-electron chi connectivity index (χ4n) is 2.64. The molecule has 0 radical (unpaired) electrons. The normalized spacial score (nSPS) is 10.8. The molecule has 0 spiro atoms. The summed E-state index contributed by atoms with van der Waals surface area (Å²) in [6.07, 6.45) is 0.700. The molecule has 1 amide bonds. The summed E-state index contributed by atoms with van der Waals surface area (Å²) < 4.78 is 19.8. The molecule has 6 nitrogen and oxygen atoms in total. The van der Waals surface area contributed by atoms with Crippen LogP contribution in [0.4, 0.5) is 4.39 Å². The number of aryl methyl sites for hydroxylation is 1. The van der Waals surface area contributed by atoms with E-state index in [1.165, 1.54) is 12.1 Å². The van der Waals surface area contributed by atoms with E-state index < -0.39 is 0 Å². The highest BCUT2D eigenvalue weighted by Gasteiger charge is 2.18. The Balaban J connectivity index is 1.96. The third-order valence-electron chi connectivity index (χ3n) is 3.97. The van der Waals surface area contributed by atoms with Gasteiger partial charge in [0.2, 0.25) is 5.82 Å². The van der Waals surface area contributed by atoms with Gasteiger partial charge in [0.05, 0.1) is 5.69 Å². The van der Waals surface area contributed by atoms with Crippen molar-refractivity contribution in [2.24, 2.45) is 0 Å². The molecule has 0 aliphatic rings. The Morgan fingerprint density at radius 2 is 2.00 bits per heavy atom. The largest absolute Gasteiger partial charge is 0.385 e. The molecule has 0 fully saturated rings. The summed E-state index contributed by atoms with van der Waals surface area (Å²) in [4.78, 5) is 16.8. The molecule has 0 unspecified atom stereocenters. The van der Waals surface area contributed by atoms with Crippen LogP contribution < -0.4 is 5.32 Å². The van der Waals surface area contributed by atoms with Gasteiger partial charge in [0, 0.05) is 25.8 Å². The van der Waals surface area contributed by atoms with Gasteiger partial charge in [0.15, 0.2) is 5.82 Å². The summed E-state index contributed by atoms with van der Waals surface area (Å²) in [5, 5.41) is 7.14. The van der Waals surface area contributed by atoms with Gasteiger partial charge in [0.1, 0.15) is 5.82 Å². The summed E-state index contributed by atoms with van der Waals surface area (Å²) in [5.74, 6) is -0.117. The van der Waals surface area contributed by atoms with Gasteiger partial charge in [-0.05, 0) is 43.7 Å². The Kier molecular flexibility index (Phi) is 5.93. The molecule has 0 saturated carbocycles. The second-order valence-electron chi connectivity index (χ2n) is 6.12. The number of halogens is 1. The molecule has 1 heterocycles. The zero-order valence-electron chi connectivity index (χ0n) is 15.3. The van der Waals surface area contributed by atoms with Gasteiger partial charge in [0.25, 0.3) is 5.91 Å². The van der Waals surface area contributed by atoms with Crippen LogP contribution in [-0.4, -0.2) is 40.9 Å². The fourth-order valence-corrected chi connectivity index (χ4v) is 2.64. The maximum Gasteiger partial charge on any atom is 0.290 e. The van der Waals surface area contributed by atoms with E-state index in [4.69, 9.17) is 4.74 Å². The first-order chi connectivity index (χ1) is 13.1. The summed E-state index contributed by atoms with van der Waals surface area (Å²) in [7, 11) is 1.61. The van der Waals surface area contributed by atoms with Gasteiger partial charge >= 0.3 is 0 Å². The molecule has 3 rings (SSSR count). The maximum absolute atomic E-state index is 13.3. The van der Waals surface area contributed by atoms with Crippen LogP contribution in [-0.2, 0) is 4.74 Å². The number of amides is 1. The van der Waals surface area contributed by atoms with Gasteiger partial charge < -0.3 is 10.1 Å². The minimum atomic E-state index is -0.360. The van der Waals surface area contributed by atoms with E-state index in [0.717, 1.165) is 11.1 Å². The van der Waals surface area contributed by atoms with Crippen molar-refractivity contribution in [3.8, 4) is 17.1 Å². The first-order valence-electron chi connectivity index (χ1n) is 8.65. The monoisotopic (exact) mass is 368 g/mol.